The zero-order chi connectivity index (χ0) is 13.5. The van der Waals surface area contributed by atoms with Crippen molar-refractivity contribution >= 4 is 5.97 Å². The van der Waals surface area contributed by atoms with Gasteiger partial charge < -0.3 is 4.74 Å². The minimum atomic E-state index is -0.0949. The van der Waals surface area contributed by atoms with E-state index in [1.165, 1.54) is 24.8 Å². The molecule has 1 atom stereocenters. The van der Waals surface area contributed by atoms with Crippen molar-refractivity contribution in [2.45, 2.75) is 38.6 Å². The summed E-state index contributed by atoms with van der Waals surface area (Å²) in [7, 11) is 0. The third-order valence-electron chi connectivity index (χ3n) is 3.70. The van der Waals surface area contributed by atoms with Crippen LogP contribution in [0, 0.1) is 0 Å². The quantitative estimate of drug-likeness (QED) is 0.763. The molecule has 0 aromatic heterocycles. The second-order valence-electron chi connectivity index (χ2n) is 5.11. The van der Waals surface area contributed by atoms with Gasteiger partial charge in [-0.3, -0.25) is 9.69 Å². The monoisotopic (exact) mass is 261 g/mol. The summed E-state index contributed by atoms with van der Waals surface area (Å²) in [4.78, 5) is 13.9. The van der Waals surface area contributed by atoms with E-state index in [1.807, 2.05) is 13.0 Å². The fourth-order valence-electron chi connectivity index (χ4n) is 2.76. The number of hydrogen-bond acceptors (Lipinski definition) is 3. The van der Waals surface area contributed by atoms with Crippen LogP contribution in [0.2, 0.25) is 0 Å². The Balaban J connectivity index is 1.94. The third kappa shape index (κ3) is 4.35. The van der Waals surface area contributed by atoms with Crippen LogP contribution in [0.4, 0.5) is 0 Å². The van der Waals surface area contributed by atoms with Crippen molar-refractivity contribution < 1.29 is 9.53 Å². The van der Waals surface area contributed by atoms with Gasteiger partial charge in [0.2, 0.25) is 0 Å². The first-order valence-electron chi connectivity index (χ1n) is 7.23. The zero-order valence-corrected chi connectivity index (χ0v) is 11.7. The van der Waals surface area contributed by atoms with Crippen molar-refractivity contribution in [3.63, 3.8) is 0 Å². The van der Waals surface area contributed by atoms with Crippen LogP contribution in [0.15, 0.2) is 30.3 Å². The van der Waals surface area contributed by atoms with Gasteiger partial charge in [0.05, 0.1) is 13.2 Å². The molecule has 3 heteroatoms. The van der Waals surface area contributed by atoms with Crippen molar-refractivity contribution in [1.29, 1.82) is 0 Å². The average Bonchev–Trinajstić information content (AvgIpc) is 2.42. The molecule has 104 valence electrons. The smallest absolute Gasteiger partial charge is 0.320 e. The van der Waals surface area contributed by atoms with Gasteiger partial charge in [0.25, 0.3) is 0 Å². The molecule has 0 N–H and O–H groups in total. The number of rotatable bonds is 5. The van der Waals surface area contributed by atoms with E-state index in [1.54, 1.807) is 0 Å². The van der Waals surface area contributed by atoms with Crippen LogP contribution < -0.4 is 0 Å². The maximum atomic E-state index is 11.6. The summed E-state index contributed by atoms with van der Waals surface area (Å²) in [5.74, 6) is -0.0949. The molecule has 0 bridgehead atoms. The van der Waals surface area contributed by atoms with Crippen LogP contribution in [0.3, 0.4) is 0 Å². The number of esters is 1. The van der Waals surface area contributed by atoms with Gasteiger partial charge in [0.15, 0.2) is 0 Å². The van der Waals surface area contributed by atoms with Crippen LogP contribution in [0.25, 0.3) is 0 Å². The van der Waals surface area contributed by atoms with Gasteiger partial charge in [0, 0.05) is 6.04 Å². The van der Waals surface area contributed by atoms with Crippen molar-refractivity contribution in [2.24, 2.45) is 0 Å². The molecule has 1 fully saturated rings. The summed E-state index contributed by atoms with van der Waals surface area (Å²) in [6.45, 7) is 3.77. The average molecular weight is 261 g/mol. The molecular formula is C16H23NO2. The van der Waals surface area contributed by atoms with E-state index in [4.69, 9.17) is 4.74 Å². The van der Waals surface area contributed by atoms with Crippen molar-refractivity contribution in [1.82, 2.24) is 4.90 Å². The first kappa shape index (κ1) is 14.1. The lowest BCUT2D eigenvalue weighted by molar-refractivity contribution is -0.145. The molecule has 1 aliphatic heterocycles. The highest BCUT2D eigenvalue weighted by Crippen LogP contribution is 2.20. The van der Waals surface area contributed by atoms with Gasteiger partial charge in [0.1, 0.15) is 0 Å². The van der Waals surface area contributed by atoms with Gasteiger partial charge in [-0.2, -0.15) is 0 Å². The lowest BCUT2D eigenvalue weighted by Crippen LogP contribution is -2.44. The Bertz CT molecular complexity index is 391. The molecule has 3 nitrogen and oxygen atoms in total. The molecule has 0 saturated carbocycles. The molecule has 0 amide bonds. The number of hydrogen-bond donors (Lipinski definition) is 0. The van der Waals surface area contributed by atoms with Gasteiger partial charge in [-0.15, -0.1) is 0 Å². The predicted octanol–water partition coefficient (Wildman–Crippen LogP) is 2.65. The zero-order valence-electron chi connectivity index (χ0n) is 11.7. The number of piperidine rings is 1. The van der Waals surface area contributed by atoms with Crippen molar-refractivity contribution in [3.8, 4) is 0 Å². The number of likely N-dealkylation sites (tertiary alicyclic amines) is 1. The highest BCUT2D eigenvalue weighted by molar-refractivity contribution is 5.71. The largest absolute Gasteiger partial charge is 0.465 e. The van der Waals surface area contributed by atoms with Crippen LogP contribution in [0.1, 0.15) is 31.7 Å². The summed E-state index contributed by atoms with van der Waals surface area (Å²) >= 11 is 0. The van der Waals surface area contributed by atoms with E-state index in [-0.39, 0.29) is 5.97 Å². The molecule has 0 unspecified atom stereocenters. The maximum Gasteiger partial charge on any atom is 0.320 e. The van der Waals surface area contributed by atoms with Crippen LogP contribution in [0.5, 0.6) is 0 Å². The number of nitrogens with zero attached hydrogens (tertiary/aromatic N) is 1. The number of carbonyl (C=O) groups is 1. The first-order chi connectivity index (χ1) is 9.29. The minimum Gasteiger partial charge on any atom is -0.465 e. The van der Waals surface area contributed by atoms with E-state index in [0.29, 0.717) is 19.2 Å². The van der Waals surface area contributed by atoms with Gasteiger partial charge in [-0.25, -0.2) is 0 Å². The Morgan fingerprint density at radius 2 is 2.11 bits per heavy atom. The maximum absolute atomic E-state index is 11.6. The summed E-state index contributed by atoms with van der Waals surface area (Å²) in [5.41, 5.74) is 1.35. The molecule has 1 aromatic carbocycles. The number of benzene rings is 1. The molecule has 0 spiro atoms. The number of ether oxygens (including phenoxy) is 1. The van der Waals surface area contributed by atoms with E-state index in [9.17, 15) is 4.79 Å². The van der Waals surface area contributed by atoms with Crippen LogP contribution in [-0.2, 0) is 16.0 Å². The minimum absolute atomic E-state index is 0.0949. The molecule has 19 heavy (non-hydrogen) atoms. The SMILES string of the molecule is CCOC(=O)CN1CCCC[C@@H]1Cc1ccccc1. The normalized spacial score (nSPS) is 20.2. The van der Waals surface area contributed by atoms with Crippen molar-refractivity contribution in [2.75, 3.05) is 19.7 Å². The number of carbonyl (C=O) groups excluding carboxylic acids is 1. The Kier molecular flexibility index (Phi) is 5.40. The molecule has 1 heterocycles. The predicted molar refractivity (Wildman–Crippen MR) is 76.0 cm³/mol. The first-order valence-corrected chi connectivity index (χ1v) is 7.23. The van der Waals surface area contributed by atoms with Crippen LogP contribution >= 0.6 is 0 Å². The van der Waals surface area contributed by atoms with Crippen molar-refractivity contribution in [3.05, 3.63) is 35.9 Å². The van der Waals surface area contributed by atoms with E-state index in [2.05, 4.69) is 29.2 Å². The molecule has 0 aliphatic carbocycles. The summed E-state index contributed by atoms with van der Waals surface area (Å²) in [5, 5.41) is 0. The molecule has 1 aromatic rings. The van der Waals surface area contributed by atoms with Gasteiger partial charge in [-0.05, 0) is 38.3 Å². The van der Waals surface area contributed by atoms with Gasteiger partial charge >= 0.3 is 5.97 Å². The molecule has 0 radical (unpaired) electrons. The lowest BCUT2D eigenvalue weighted by Gasteiger charge is -2.35. The molecule has 2 rings (SSSR count). The molecular weight excluding hydrogens is 238 g/mol. The van der Waals surface area contributed by atoms with E-state index in [0.717, 1.165) is 13.0 Å². The third-order valence-corrected chi connectivity index (χ3v) is 3.70. The highest BCUT2D eigenvalue weighted by atomic mass is 16.5. The molecule has 1 saturated heterocycles. The summed E-state index contributed by atoms with van der Waals surface area (Å²) in [6, 6.07) is 11.0. The fourth-order valence-corrected chi connectivity index (χ4v) is 2.76. The second kappa shape index (κ2) is 7.29. The van der Waals surface area contributed by atoms with Gasteiger partial charge in [-0.1, -0.05) is 36.8 Å². The lowest BCUT2D eigenvalue weighted by atomic mass is 9.95. The van der Waals surface area contributed by atoms with Crippen LogP contribution in [-0.4, -0.2) is 36.6 Å². The topological polar surface area (TPSA) is 29.5 Å². The van der Waals surface area contributed by atoms with E-state index < -0.39 is 0 Å². The Morgan fingerprint density at radius 1 is 1.32 bits per heavy atom. The Morgan fingerprint density at radius 3 is 2.84 bits per heavy atom. The Hall–Kier alpha value is -1.35. The highest BCUT2D eigenvalue weighted by Gasteiger charge is 2.24. The fraction of sp³-hybridized carbons (Fsp3) is 0.562. The Labute approximate surface area is 115 Å². The summed E-state index contributed by atoms with van der Waals surface area (Å²) < 4.78 is 5.06. The second-order valence-corrected chi connectivity index (χ2v) is 5.11. The van der Waals surface area contributed by atoms with E-state index >= 15 is 0 Å². The standard InChI is InChI=1S/C16H23NO2/c1-2-19-16(18)13-17-11-7-6-10-15(17)12-14-8-4-3-5-9-14/h3-5,8-9,15H,2,6-7,10-13H2,1H3/t15-/m1/s1. The summed E-state index contributed by atoms with van der Waals surface area (Å²) in [6.07, 6.45) is 4.65. The molecule has 1 aliphatic rings.